The summed E-state index contributed by atoms with van der Waals surface area (Å²) in [5.41, 5.74) is 4.16. The monoisotopic (exact) mass is 579 g/mol. The first-order valence-corrected chi connectivity index (χ1v) is 13.6. The standard InChI is InChI=1S/C31H34FN3O7/c1-34(2)20-13-15(8-5-14-6-9-17(32)10-7-14)25(36)22-18(20)11-16-12-19-24(35(3)4)27(38)23(30(33)41)29(40)31(19,42)28(39)21(16)26(22)37/h6-7,9-10,13,16,19,24,36,38-39,42H,5,8,11-12H2,1-4H3,(H2,33,41). The van der Waals surface area contributed by atoms with Crippen LogP contribution in [-0.2, 0) is 28.9 Å². The second-order valence-electron chi connectivity index (χ2n) is 11.7. The number of nitrogens with two attached hydrogens (primary N) is 1. The lowest BCUT2D eigenvalue weighted by atomic mass is 9.58. The number of halogens is 1. The molecule has 3 aliphatic carbocycles. The zero-order valence-corrected chi connectivity index (χ0v) is 23.8. The number of ketones is 2. The molecule has 0 radical (unpaired) electrons. The number of hydrogen-bond donors (Lipinski definition) is 5. The number of allylic oxidation sites excluding steroid dienone is 1. The van der Waals surface area contributed by atoms with Crippen molar-refractivity contribution in [1.29, 1.82) is 0 Å². The van der Waals surface area contributed by atoms with Crippen molar-refractivity contribution in [2.45, 2.75) is 37.3 Å². The minimum atomic E-state index is -2.69. The molecule has 0 fully saturated rings. The van der Waals surface area contributed by atoms with E-state index in [-0.39, 0.29) is 35.5 Å². The van der Waals surface area contributed by atoms with Crippen LogP contribution in [0.5, 0.6) is 5.75 Å². The second kappa shape index (κ2) is 10.2. The number of phenols is 1. The Kier molecular flexibility index (Phi) is 7.14. The predicted molar refractivity (Wildman–Crippen MR) is 152 cm³/mol. The summed E-state index contributed by atoms with van der Waals surface area (Å²) in [7, 11) is 6.78. The van der Waals surface area contributed by atoms with Gasteiger partial charge in [0.15, 0.2) is 11.4 Å². The summed E-state index contributed by atoms with van der Waals surface area (Å²) in [5.74, 6) is -7.16. The number of anilines is 1. The Morgan fingerprint density at radius 3 is 2.29 bits per heavy atom. The fourth-order valence-electron chi connectivity index (χ4n) is 6.87. The first-order valence-electron chi connectivity index (χ1n) is 13.6. The Morgan fingerprint density at radius 2 is 1.71 bits per heavy atom. The number of carbonyl (C=O) groups excluding carboxylic acids is 3. The SMILES string of the molecule is CN(C)c1cc(CCc2ccc(F)cc2)c(O)c2c1CC1CC3C(N(C)C)C(O)=C(C(N)=O)C(=O)C3(O)C(O)=C1C2=O. The van der Waals surface area contributed by atoms with E-state index < -0.39 is 58.0 Å². The highest BCUT2D eigenvalue weighted by atomic mass is 19.1. The molecule has 10 nitrogen and oxygen atoms in total. The molecule has 222 valence electrons. The lowest BCUT2D eigenvalue weighted by Gasteiger charge is -2.50. The molecule has 4 unspecified atom stereocenters. The minimum Gasteiger partial charge on any atom is -0.510 e. The number of phenolic OH excluding ortho intramolecular Hbond substituents is 1. The van der Waals surface area contributed by atoms with Crippen LogP contribution in [0.15, 0.2) is 53.0 Å². The van der Waals surface area contributed by atoms with Gasteiger partial charge in [-0.1, -0.05) is 12.1 Å². The highest BCUT2D eigenvalue weighted by Gasteiger charge is 2.63. The topological polar surface area (TPSA) is 165 Å². The van der Waals surface area contributed by atoms with Crippen molar-refractivity contribution in [1.82, 2.24) is 4.90 Å². The average molecular weight is 580 g/mol. The molecule has 1 amide bonds. The number of aromatic hydroxyl groups is 1. The number of fused-ring (bicyclic) bond motifs is 3. The molecule has 4 atom stereocenters. The number of hydrogen-bond acceptors (Lipinski definition) is 9. The fraction of sp³-hybridized carbons (Fsp3) is 0.387. The number of rotatable bonds is 6. The summed E-state index contributed by atoms with van der Waals surface area (Å²) in [6.07, 6.45) is 1.01. The Bertz CT molecular complexity index is 1580. The highest BCUT2D eigenvalue weighted by Crippen LogP contribution is 2.53. The van der Waals surface area contributed by atoms with Crippen LogP contribution in [0, 0.1) is 17.7 Å². The smallest absolute Gasteiger partial charge is 0.255 e. The number of likely N-dealkylation sites (N-methyl/N-ethyl adjacent to an activating group) is 1. The molecule has 0 saturated heterocycles. The summed E-state index contributed by atoms with van der Waals surface area (Å²) >= 11 is 0. The van der Waals surface area contributed by atoms with Gasteiger partial charge in [-0.2, -0.15) is 0 Å². The Hall–Kier alpha value is -4.22. The van der Waals surface area contributed by atoms with E-state index in [2.05, 4.69) is 0 Å². The van der Waals surface area contributed by atoms with Crippen LogP contribution in [0.4, 0.5) is 10.1 Å². The zero-order valence-electron chi connectivity index (χ0n) is 23.8. The first kappa shape index (κ1) is 29.3. The third-order valence-electron chi connectivity index (χ3n) is 8.86. The van der Waals surface area contributed by atoms with Crippen molar-refractivity contribution in [3.05, 3.63) is 81.1 Å². The van der Waals surface area contributed by atoms with Crippen LogP contribution >= 0.6 is 0 Å². The van der Waals surface area contributed by atoms with E-state index in [0.717, 1.165) is 5.56 Å². The van der Waals surface area contributed by atoms with Crippen molar-refractivity contribution in [3.8, 4) is 5.75 Å². The van der Waals surface area contributed by atoms with E-state index in [1.54, 1.807) is 46.4 Å². The zero-order chi connectivity index (χ0) is 30.8. The van der Waals surface area contributed by atoms with Gasteiger partial charge in [0.2, 0.25) is 5.78 Å². The molecule has 2 aromatic carbocycles. The molecule has 2 aromatic rings. The van der Waals surface area contributed by atoms with Crippen molar-refractivity contribution < 1.29 is 39.2 Å². The lowest BCUT2D eigenvalue weighted by molar-refractivity contribution is -0.148. The van der Waals surface area contributed by atoms with Gasteiger partial charge in [-0.05, 0) is 80.6 Å². The van der Waals surface area contributed by atoms with Gasteiger partial charge < -0.3 is 31.1 Å². The van der Waals surface area contributed by atoms with E-state index in [1.165, 1.54) is 17.0 Å². The molecule has 42 heavy (non-hydrogen) atoms. The maximum atomic E-state index is 14.1. The van der Waals surface area contributed by atoms with Crippen LogP contribution < -0.4 is 10.6 Å². The number of amides is 1. The van der Waals surface area contributed by atoms with Crippen molar-refractivity contribution in [2.75, 3.05) is 33.1 Å². The predicted octanol–water partition coefficient (Wildman–Crippen LogP) is 2.11. The van der Waals surface area contributed by atoms with E-state index in [1.807, 2.05) is 4.90 Å². The van der Waals surface area contributed by atoms with Crippen LogP contribution in [0.1, 0.15) is 33.5 Å². The molecule has 5 rings (SSSR count). The van der Waals surface area contributed by atoms with Gasteiger partial charge >= 0.3 is 0 Å². The van der Waals surface area contributed by atoms with Gasteiger partial charge in [-0.25, -0.2) is 4.39 Å². The molecule has 0 saturated carbocycles. The van der Waals surface area contributed by atoms with Crippen molar-refractivity contribution >= 4 is 23.2 Å². The first-order chi connectivity index (χ1) is 19.7. The molecular formula is C31H34FN3O7. The number of aryl methyl sites for hydroxylation is 2. The largest absolute Gasteiger partial charge is 0.510 e. The van der Waals surface area contributed by atoms with E-state index in [4.69, 9.17) is 5.73 Å². The summed E-state index contributed by atoms with van der Waals surface area (Å²) < 4.78 is 13.4. The molecule has 3 aliphatic rings. The van der Waals surface area contributed by atoms with E-state index in [0.29, 0.717) is 29.7 Å². The van der Waals surface area contributed by atoms with Crippen LogP contribution in [0.25, 0.3) is 0 Å². The number of carbonyl (C=O) groups is 3. The summed E-state index contributed by atoms with van der Waals surface area (Å²) in [6, 6.07) is 6.73. The summed E-state index contributed by atoms with van der Waals surface area (Å²) in [6.45, 7) is 0. The Labute approximate surface area is 242 Å². The number of nitrogens with zero attached hydrogens (tertiary/aromatic N) is 2. The van der Waals surface area contributed by atoms with E-state index >= 15 is 0 Å². The Balaban J connectivity index is 1.64. The van der Waals surface area contributed by atoms with Crippen LogP contribution in [0.2, 0.25) is 0 Å². The van der Waals surface area contributed by atoms with Gasteiger partial charge in [0.05, 0.1) is 11.6 Å². The second-order valence-corrected chi connectivity index (χ2v) is 11.7. The number of aliphatic hydroxyl groups is 3. The van der Waals surface area contributed by atoms with Crippen molar-refractivity contribution in [3.63, 3.8) is 0 Å². The molecule has 6 N–H and O–H groups in total. The molecule has 0 aromatic heterocycles. The maximum absolute atomic E-state index is 14.1. The van der Waals surface area contributed by atoms with Gasteiger partial charge in [0, 0.05) is 31.3 Å². The third kappa shape index (κ3) is 4.26. The lowest BCUT2D eigenvalue weighted by Crippen LogP contribution is -2.63. The van der Waals surface area contributed by atoms with Gasteiger partial charge in [0.1, 0.15) is 28.7 Å². The molecule has 11 heteroatoms. The van der Waals surface area contributed by atoms with Gasteiger partial charge in [-0.3, -0.25) is 19.3 Å². The normalized spacial score (nSPS) is 25.4. The molecular weight excluding hydrogens is 545 g/mol. The number of Topliss-reactive ketones (excluding diaryl/α,β-unsaturated/α-hetero) is 2. The summed E-state index contributed by atoms with van der Waals surface area (Å²) in [4.78, 5) is 43.1. The number of primary amides is 1. The molecule has 0 aliphatic heterocycles. The quantitative estimate of drug-likeness (QED) is 0.322. The molecule has 0 bridgehead atoms. The number of benzene rings is 2. The number of aliphatic hydroxyl groups excluding tert-OH is 2. The molecule has 0 heterocycles. The fourth-order valence-corrected chi connectivity index (χ4v) is 6.87. The van der Waals surface area contributed by atoms with Crippen LogP contribution in [-0.4, -0.2) is 82.6 Å². The third-order valence-corrected chi connectivity index (χ3v) is 8.86. The highest BCUT2D eigenvalue weighted by molar-refractivity contribution is 6.25. The van der Waals surface area contributed by atoms with Crippen LogP contribution in [0.3, 0.4) is 0 Å². The maximum Gasteiger partial charge on any atom is 0.255 e. The Morgan fingerprint density at radius 1 is 1.07 bits per heavy atom. The molecule has 0 spiro atoms. The van der Waals surface area contributed by atoms with Gasteiger partial charge in [0.25, 0.3) is 5.91 Å². The summed E-state index contributed by atoms with van der Waals surface area (Å²) in [5, 5.41) is 45.6. The average Bonchev–Trinajstić information content (AvgIpc) is 2.90. The van der Waals surface area contributed by atoms with Crippen molar-refractivity contribution in [2.24, 2.45) is 17.6 Å². The minimum absolute atomic E-state index is 0.0196. The van der Waals surface area contributed by atoms with E-state index in [9.17, 15) is 39.2 Å². The van der Waals surface area contributed by atoms with Gasteiger partial charge in [-0.15, -0.1) is 0 Å².